The van der Waals surface area contributed by atoms with Crippen molar-refractivity contribution in [3.8, 4) is 0 Å². The van der Waals surface area contributed by atoms with E-state index in [4.69, 9.17) is 15.3 Å². The van der Waals surface area contributed by atoms with Gasteiger partial charge in [0, 0.05) is 13.5 Å². The molecule has 1 aromatic rings. The number of anilines is 1. The molecular formula is C25H44N6O10S2Si. The largest absolute Gasteiger partial charge is 0.467 e. The van der Waals surface area contributed by atoms with E-state index >= 15 is 0 Å². The molecule has 2 rings (SSSR count). The number of amides is 2. The van der Waals surface area contributed by atoms with Crippen LogP contribution in [0.2, 0.25) is 25.7 Å². The summed E-state index contributed by atoms with van der Waals surface area (Å²) < 4.78 is 41.8. The molecule has 2 atom stereocenters. The summed E-state index contributed by atoms with van der Waals surface area (Å²) in [5.74, 6) is -4.36. The van der Waals surface area contributed by atoms with Crippen LogP contribution in [0.3, 0.4) is 0 Å². The van der Waals surface area contributed by atoms with Crippen molar-refractivity contribution in [3.63, 3.8) is 0 Å². The molecule has 0 radical (unpaired) electrons. The summed E-state index contributed by atoms with van der Waals surface area (Å²) in [7, 11) is -5.65. The Kier molecular flexibility index (Phi) is 14.4. The molecular weight excluding hydrogens is 637 g/mol. The number of nitrogens with two attached hydrogens (primary N) is 1. The third-order valence-electron chi connectivity index (χ3n) is 6.29. The van der Waals surface area contributed by atoms with Crippen molar-refractivity contribution in [3.05, 3.63) is 11.1 Å². The number of aromatic nitrogens is 1. The Hall–Kier alpha value is -3.13. The van der Waals surface area contributed by atoms with Gasteiger partial charge in [-0.2, -0.15) is 12.7 Å². The monoisotopic (exact) mass is 680 g/mol. The highest BCUT2D eigenvalue weighted by Crippen LogP contribution is 2.25. The number of nitrogen functional groups attached to an aromatic ring is 1. The van der Waals surface area contributed by atoms with Crippen LogP contribution in [0.15, 0.2) is 10.5 Å². The molecule has 19 heteroatoms. The number of oxime groups is 1. The van der Waals surface area contributed by atoms with E-state index in [9.17, 15) is 32.1 Å². The van der Waals surface area contributed by atoms with Crippen LogP contribution in [0.1, 0.15) is 40.3 Å². The molecule has 1 aliphatic rings. The molecule has 2 heterocycles. The molecule has 0 saturated carbocycles. The van der Waals surface area contributed by atoms with Crippen molar-refractivity contribution in [2.45, 2.75) is 78.0 Å². The lowest BCUT2D eigenvalue weighted by Gasteiger charge is -2.41. The van der Waals surface area contributed by atoms with Crippen LogP contribution in [0, 0.1) is 0 Å². The zero-order valence-corrected chi connectivity index (χ0v) is 29.2. The van der Waals surface area contributed by atoms with Crippen LogP contribution in [0.5, 0.6) is 0 Å². The third-order valence-corrected chi connectivity index (χ3v) is 9.57. The van der Waals surface area contributed by atoms with Crippen molar-refractivity contribution in [1.29, 1.82) is 0 Å². The van der Waals surface area contributed by atoms with E-state index in [-0.39, 0.29) is 21.7 Å². The SMILES string of the molecule is CCN(CC)CC.COC(=O)[C@@H]1[C@H](NC(=O)/C(=N\OC(C)(C)C(=O)OCC[Si](C)(C)C)c2csc(N)n2)C(=O)N1S(=O)(=O)O. The van der Waals surface area contributed by atoms with Crippen molar-refractivity contribution in [2.24, 2.45) is 5.16 Å². The Morgan fingerprint density at radius 1 is 1.20 bits per heavy atom. The number of hydrogen-bond donors (Lipinski definition) is 3. The van der Waals surface area contributed by atoms with Crippen LogP contribution in [0.25, 0.3) is 0 Å². The third kappa shape index (κ3) is 11.1. The number of nitrogens with zero attached hydrogens (tertiary/aromatic N) is 4. The Bertz CT molecular complexity index is 1300. The van der Waals surface area contributed by atoms with Gasteiger partial charge in [-0.1, -0.05) is 45.6 Å². The van der Waals surface area contributed by atoms with Crippen LogP contribution >= 0.6 is 11.3 Å². The fourth-order valence-corrected chi connectivity index (χ4v) is 5.61. The second kappa shape index (κ2) is 16.3. The van der Waals surface area contributed by atoms with E-state index in [1.54, 1.807) is 0 Å². The number of ether oxygens (including phenoxy) is 2. The van der Waals surface area contributed by atoms with Gasteiger partial charge in [0.15, 0.2) is 16.9 Å². The topological polar surface area (TPSA) is 220 Å². The average molecular weight is 681 g/mol. The summed E-state index contributed by atoms with van der Waals surface area (Å²) in [5.41, 5.74) is 3.39. The first kappa shape index (κ1) is 38.9. The molecule has 1 aromatic heterocycles. The van der Waals surface area contributed by atoms with E-state index in [0.717, 1.165) is 24.5 Å². The quantitative estimate of drug-likeness (QED) is 0.0627. The molecule has 44 heavy (non-hydrogen) atoms. The van der Waals surface area contributed by atoms with Crippen molar-refractivity contribution in [1.82, 2.24) is 19.5 Å². The van der Waals surface area contributed by atoms with Gasteiger partial charge < -0.3 is 30.3 Å². The maximum absolute atomic E-state index is 13.0. The summed E-state index contributed by atoms with van der Waals surface area (Å²) in [6.07, 6.45) is 0. The highest BCUT2D eigenvalue weighted by Gasteiger charge is 2.58. The molecule has 4 N–H and O–H groups in total. The summed E-state index contributed by atoms with van der Waals surface area (Å²) in [6, 6.07) is -2.86. The second-order valence-corrected chi connectivity index (χ2v) is 19.0. The smallest absolute Gasteiger partial charge is 0.363 e. The van der Waals surface area contributed by atoms with E-state index in [1.165, 1.54) is 38.9 Å². The number of carbonyl (C=O) groups excluding carboxylic acids is 4. The van der Waals surface area contributed by atoms with Crippen molar-refractivity contribution >= 4 is 64.3 Å². The average Bonchev–Trinajstić information content (AvgIpc) is 3.35. The molecule has 16 nitrogen and oxygen atoms in total. The number of carbonyl (C=O) groups is 4. The van der Waals surface area contributed by atoms with Gasteiger partial charge in [-0.05, 0) is 39.5 Å². The van der Waals surface area contributed by atoms with E-state index in [1.807, 2.05) is 0 Å². The molecule has 0 aliphatic carbocycles. The number of nitrogens with one attached hydrogen (secondary N) is 1. The first-order chi connectivity index (χ1) is 20.2. The van der Waals surface area contributed by atoms with Gasteiger partial charge in [-0.15, -0.1) is 11.3 Å². The lowest BCUT2D eigenvalue weighted by molar-refractivity contribution is -0.167. The minimum absolute atomic E-state index is 0.0604. The van der Waals surface area contributed by atoms with Gasteiger partial charge in [0.1, 0.15) is 11.7 Å². The zero-order valence-electron chi connectivity index (χ0n) is 26.6. The Morgan fingerprint density at radius 2 is 1.77 bits per heavy atom. The van der Waals surface area contributed by atoms with Crippen LogP contribution in [-0.4, -0.2) is 116 Å². The molecule has 1 fully saturated rings. The van der Waals surface area contributed by atoms with Gasteiger partial charge in [0.05, 0.1) is 13.7 Å². The normalized spacial score (nSPS) is 17.3. The number of esters is 2. The minimum atomic E-state index is -5.11. The number of rotatable bonds is 14. The van der Waals surface area contributed by atoms with Gasteiger partial charge in [-0.25, -0.2) is 14.6 Å². The summed E-state index contributed by atoms with van der Waals surface area (Å²) in [6.45, 7) is 19.4. The Labute approximate surface area is 263 Å². The Balaban J connectivity index is 0.00000123. The van der Waals surface area contributed by atoms with Crippen LogP contribution in [0.4, 0.5) is 5.13 Å². The molecule has 1 saturated heterocycles. The Morgan fingerprint density at radius 3 is 2.18 bits per heavy atom. The van der Waals surface area contributed by atoms with Crippen LogP contribution in [-0.2, 0) is 43.8 Å². The van der Waals surface area contributed by atoms with Crippen LogP contribution < -0.4 is 11.1 Å². The van der Waals surface area contributed by atoms with E-state index < -0.39 is 65.5 Å². The lowest BCUT2D eigenvalue weighted by Crippen LogP contribution is -2.74. The van der Waals surface area contributed by atoms with Gasteiger partial charge in [0.2, 0.25) is 5.60 Å². The second-order valence-electron chi connectivity index (χ2n) is 11.2. The fourth-order valence-electron chi connectivity index (χ4n) is 3.51. The fraction of sp³-hybridized carbons (Fsp3) is 0.680. The van der Waals surface area contributed by atoms with Gasteiger partial charge in [0.25, 0.3) is 11.8 Å². The van der Waals surface area contributed by atoms with E-state index in [2.05, 4.69) is 65.5 Å². The predicted octanol–water partition coefficient (Wildman–Crippen LogP) is 1.13. The summed E-state index contributed by atoms with van der Waals surface area (Å²) in [4.78, 5) is 61.5. The van der Waals surface area contributed by atoms with Crippen molar-refractivity contribution in [2.75, 3.05) is 39.1 Å². The molecule has 0 aromatic carbocycles. The molecule has 1 aliphatic heterocycles. The van der Waals surface area contributed by atoms with Gasteiger partial charge >= 0.3 is 22.2 Å². The number of β-lactam (4-membered cyclic amide) rings is 1. The maximum atomic E-state index is 13.0. The van der Waals surface area contributed by atoms with Gasteiger partial charge in [-0.3, -0.25) is 14.1 Å². The molecule has 0 unspecified atom stereocenters. The number of hydrogen-bond acceptors (Lipinski definition) is 14. The zero-order chi connectivity index (χ0) is 34.0. The lowest BCUT2D eigenvalue weighted by atomic mass is 9.98. The predicted molar refractivity (Wildman–Crippen MR) is 167 cm³/mol. The van der Waals surface area contributed by atoms with Crippen molar-refractivity contribution < 1.29 is 46.5 Å². The van der Waals surface area contributed by atoms with E-state index in [0.29, 0.717) is 0 Å². The maximum Gasteiger partial charge on any atom is 0.363 e. The number of thiazole rings is 1. The molecule has 250 valence electrons. The molecule has 2 amide bonds. The molecule has 0 spiro atoms. The standard InChI is InChI=1S/C19H29N5O10S2Si.C6H15N/c1-19(2,17(28)33-7-8-37(4,5)6)34-23-11(10-9-35-18(20)21-10)14(25)22-12-13(16(27)32-3)24(15(12)26)36(29,30)31;1-4-7(5-2)6-3/h9,12-13H,7-8H2,1-6H3,(H2,20,21)(H,22,25)(H,29,30,31);4-6H2,1-3H3/b23-11-;/t12-,13-;/m0./s1. The summed E-state index contributed by atoms with van der Waals surface area (Å²) in [5, 5.41) is 7.31. The first-order valence-corrected chi connectivity index (χ1v) is 19.8. The number of methoxy groups -OCH3 is 1. The first-order valence-electron chi connectivity index (χ1n) is 13.8. The molecule has 0 bridgehead atoms. The summed E-state index contributed by atoms with van der Waals surface area (Å²) >= 11 is 0.956. The minimum Gasteiger partial charge on any atom is -0.467 e. The highest BCUT2D eigenvalue weighted by atomic mass is 32.2. The highest BCUT2D eigenvalue weighted by molar-refractivity contribution is 7.84.